The lowest BCUT2D eigenvalue weighted by Gasteiger charge is -2.11. The smallest absolute Gasteiger partial charge is 0.335 e. The number of ether oxygens (including phenoxy) is 4. The van der Waals surface area contributed by atoms with E-state index in [-0.39, 0.29) is 17.5 Å². The van der Waals surface area contributed by atoms with Crippen LogP contribution in [0.4, 0.5) is 0 Å². The van der Waals surface area contributed by atoms with E-state index in [1.165, 1.54) is 39.9 Å². The highest BCUT2D eigenvalue weighted by atomic mass is 16.5. The fourth-order valence-electron chi connectivity index (χ4n) is 4.31. The van der Waals surface area contributed by atoms with Gasteiger partial charge in [0.15, 0.2) is 0 Å². The highest BCUT2D eigenvalue weighted by molar-refractivity contribution is 5.88. The molecule has 0 unspecified atom stereocenters. The third kappa shape index (κ3) is 19.0. The molecule has 0 aliphatic rings. The fourth-order valence-corrected chi connectivity index (χ4v) is 4.31. The van der Waals surface area contributed by atoms with Gasteiger partial charge in [0.05, 0.1) is 33.0 Å². The molecule has 0 amide bonds. The number of aromatic carboxylic acids is 1. The van der Waals surface area contributed by atoms with Crippen LogP contribution in [0, 0.1) is 0 Å². The average molecular weight is 551 g/mol. The van der Waals surface area contributed by atoms with Crippen molar-refractivity contribution >= 4 is 17.9 Å². The molecule has 0 atom stereocenters. The number of hydrogen-bond acceptors (Lipinski definition) is 7. The minimum absolute atomic E-state index is 0.133. The second-order valence-corrected chi connectivity index (χ2v) is 10.0. The number of carboxylic acids is 1. The molecule has 1 N–H and O–H groups in total. The Bertz CT molecular complexity index is 752. The van der Waals surface area contributed by atoms with Gasteiger partial charge >= 0.3 is 17.9 Å². The topological polar surface area (TPSA) is 108 Å². The van der Waals surface area contributed by atoms with Crippen molar-refractivity contribution < 1.29 is 38.4 Å². The van der Waals surface area contributed by atoms with Crippen molar-refractivity contribution in [2.45, 2.75) is 116 Å². The standard InChI is InChI=1S/C31H50O8/c1-36-29(32)19-15-11-7-3-5-9-13-17-21-38-27-23-26(31(34)35)24-28(25-27)39-22-18-14-10-6-4-8-12-16-20-30(33)37-2/h23-25H,3-22H2,1-2H3,(H,34,35). The van der Waals surface area contributed by atoms with Gasteiger partial charge in [-0.3, -0.25) is 9.59 Å². The van der Waals surface area contributed by atoms with Crippen molar-refractivity contribution in [3.63, 3.8) is 0 Å². The Morgan fingerprint density at radius 2 is 0.872 bits per heavy atom. The normalized spacial score (nSPS) is 10.7. The minimum atomic E-state index is -0.997. The summed E-state index contributed by atoms with van der Waals surface area (Å²) in [6.45, 7) is 1.09. The number of unbranched alkanes of at least 4 members (excludes halogenated alkanes) is 14. The van der Waals surface area contributed by atoms with Crippen molar-refractivity contribution in [2.75, 3.05) is 27.4 Å². The number of hydrogen-bond donors (Lipinski definition) is 1. The van der Waals surface area contributed by atoms with Gasteiger partial charge in [0.25, 0.3) is 0 Å². The summed E-state index contributed by atoms with van der Waals surface area (Å²) in [5.41, 5.74) is 0.168. The molecule has 0 aliphatic carbocycles. The van der Waals surface area contributed by atoms with Gasteiger partial charge in [0, 0.05) is 18.9 Å². The number of rotatable bonds is 25. The molecule has 1 rings (SSSR count). The average Bonchev–Trinajstić information content (AvgIpc) is 2.94. The summed E-state index contributed by atoms with van der Waals surface area (Å²) in [4.78, 5) is 33.7. The van der Waals surface area contributed by atoms with E-state index in [0.29, 0.717) is 37.6 Å². The van der Waals surface area contributed by atoms with E-state index in [4.69, 9.17) is 9.47 Å². The molecule has 1 aromatic rings. The van der Waals surface area contributed by atoms with E-state index in [1.54, 1.807) is 18.2 Å². The Labute approximate surface area is 234 Å². The predicted octanol–water partition coefficient (Wildman–Crippen LogP) is 7.51. The number of benzene rings is 1. The molecular formula is C31H50O8. The maximum absolute atomic E-state index is 11.5. The Hall–Kier alpha value is -2.77. The second kappa shape index (κ2) is 23.1. The zero-order valence-electron chi connectivity index (χ0n) is 24.2. The van der Waals surface area contributed by atoms with Crippen LogP contribution in [0.1, 0.15) is 126 Å². The highest BCUT2D eigenvalue weighted by Gasteiger charge is 2.09. The van der Waals surface area contributed by atoms with Gasteiger partial charge in [-0.2, -0.15) is 0 Å². The van der Waals surface area contributed by atoms with Crippen molar-refractivity contribution in [3.8, 4) is 11.5 Å². The van der Waals surface area contributed by atoms with Crippen LogP contribution >= 0.6 is 0 Å². The highest BCUT2D eigenvalue weighted by Crippen LogP contribution is 2.24. The summed E-state index contributed by atoms with van der Waals surface area (Å²) >= 11 is 0. The van der Waals surface area contributed by atoms with Crippen molar-refractivity contribution in [1.82, 2.24) is 0 Å². The summed E-state index contributed by atoms with van der Waals surface area (Å²) < 4.78 is 21.0. The number of carboxylic acid groups (broad SMARTS) is 1. The van der Waals surface area contributed by atoms with E-state index in [2.05, 4.69) is 9.47 Å². The number of esters is 2. The van der Waals surface area contributed by atoms with Gasteiger partial charge in [0.2, 0.25) is 0 Å². The van der Waals surface area contributed by atoms with Crippen molar-refractivity contribution in [2.24, 2.45) is 0 Å². The molecule has 222 valence electrons. The summed E-state index contributed by atoms with van der Waals surface area (Å²) in [6, 6.07) is 4.87. The van der Waals surface area contributed by atoms with Crippen molar-refractivity contribution in [1.29, 1.82) is 0 Å². The van der Waals surface area contributed by atoms with Crippen LogP contribution < -0.4 is 9.47 Å². The maximum atomic E-state index is 11.5. The molecule has 8 nitrogen and oxygen atoms in total. The molecule has 0 heterocycles. The van der Waals surface area contributed by atoms with Crippen LogP contribution in [0.15, 0.2) is 18.2 Å². The van der Waals surface area contributed by atoms with E-state index in [9.17, 15) is 19.5 Å². The zero-order valence-corrected chi connectivity index (χ0v) is 24.2. The van der Waals surface area contributed by atoms with E-state index >= 15 is 0 Å². The van der Waals surface area contributed by atoms with Crippen molar-refractivity contribution in [3.05, 3.63) is 23.8 Å². The first-order valence-corrected chi connectivity index (χ1v) is 14.7. The zero-order chi connectivity index (χ0) is 28.6. The third-order valence-corrected chi connectivity index (χ3v) is 6.67. The lowest BCUT2D eigenvalue weighted by atomic mass is 10.1. The van der Waals surface area contributed by atoms with Gasteiger partial charge in [-0.15, -0.1) is 0 Å². The second-order valence-electron chi connectivity index (χ2n) is 10.0. The number of carbonyl (C=O) groups excluding carboxylic acids is 2. The van der Waals surface area contributed by atoms with Gasteiger partial charge in [-0.05, 0) is 37.8 Å². The van der Waals surface area contributed by atoms with Gasteiger partial charge in [-0.1, -0.05) is 77.0 Å². The van der Waals surface area contributed by atoms with Crippen LogP contribution in [0.3, 0.4) is 0 Å². The van der Waals surface area contributed by atoms with Crippen LogP contribution in [0.2, 0.25) is 0 Å². The lowest BCUT2D eigenvalue weighted by Crippen LogP contribution is -2.03. The molecule has 0 spiro atoms. The van der Waals surface area contributed by atoms with E-state index in [0.717, 1.165) is 77.0 Å². The summed E-state index contributed by atoms with van der Waals surface area (Å²) in [5, 5.41) is 9.45. The molecule has 0 fully saturated rings. The monoisotopic (exact) mass is 550 g/mol. The van der Waals surface area contributed by atoms with Crippen LogP contribution in [-0.2, 0) is 19.1 Å². The largest absolute Gasteiger partial charge is 0.493 e. The third-order valence-electron chi connectivity index (χ3n) is 6.67. The SMILES string of the molecule is COC(=O)CCCCCCCCCCOc1cc(OCCCCCCCCCCC(=O)OC)cc(C(=O)O)c1. The molecule has 0 saturated carbocycles. The predicted molar refractivity (Wildman–Crippen MR) is 152 cm³/mol. The molecule has 0 radical (unpaired) electrons. The summed E-state index contributed by atoms with van der Waals surface area (Å²) in [7, 11) is 2.85. The lowest BCUT2D eigenvalue weighted by molar-refractivity contribution is -0.141. The summed E-state index contributed by atoms with van der Waals surface area (Å²) in [5.74, 6) is -0.202. The summed E-state index contributed by atoms with van der Waals surface area (Å²) in [6.07, 6.45) is 18.1. The molecule has 1 aromatic carbocycles. The molecule has 39 heavy (non-hydrogen) atoms. The quantitative estimate of drug-likeness (QED) is 0.0984. The van der Waals surface area contributed by atoms with Gasteiger partial charge in [-0.25, -0.2) is 4.79 Å². The van der Waals surface area contributed by atoms with E-state index < -0.39 is 5.97 Å². The molecule has 0 saturated heterocycles. The molecular weight excluding hydrogens is 500 g/mol. The van der Waals surface area contributed by atoms with Crippen LogP contribution in [0.25, 0.3) is 0 Å². The van der Waals surface area contributed by atoms with Crippen LogP contribution in [-0.4, -0.2) is 50.4 Å². The minimum Gasteiger partial charge on any atom is -0.493 e. The number of methoxy groups -OCH3 is 2. The molecule has 0 aliphatic heterocycles. The van der Waals surface area contributed by atoms with Crippen LogP contribution in [0.5, 0.6) is 11.5 Å². The van der Waals surface area contributed by atoms with Gasteiger partial charge < -0.3 is 24.1 Å². The Kier molecular flexibility index (Phi) is 20.3. The Morgan fingerprint density at radius 1 is 0.538 bits per heavy atom. The van der Waals surface area contributed by atoms with E-state index in [1.807, 2.05) is 0 Å². The first-order valence-electron chi connectivity index (χ1n) is 14.7. The number of carbonyl (C=O) groups is 3. The first kappa shape index (κ1) is 34.3. The Balaban J connectivity index is 2.15. The fraction of sp³-hybridized carbons (Fsp3) is 0.710. The maximum Gasteiger partial charge on any atom is 0.335 e. The Morgan fingerprint density at radius 3 is 1.21 bits per heavy atom. The van der Waals surface area contributed by atoms with Gasteiger partial charge in [0.1, 0.15) is 11.5 Å². The first-order chi connectivity index (χ1) is 19.0. The molecule has 0 aromatic heterocycles. The molecule has 0 bridgehead atoms. The molecule has 8 heteroatoms.